The first kappa shape index (κ1) is 13.3. The number of hydrogen-bond acceptors (Lipinski definition) is 3. The maximum absolute atomic E-state index is 12.1. The van der Waals surface area contributed by atoms with Crippen LogP contribution in [0.15, 0.2) is 35.2 Å². The molecule has 1 aromatic rings. The zero-order valence-corrected chi connectivity index (χ0v) is 11.4. The summed E-state index contributed by atoms with van der Waals surface area (Å²) in [6, 6.07) is 8.51. The van der Waals surface area contributed by atoms with E-state index in [1.54, 1.807) is 30.3 Å². The first-order valence-electron chi connectivity index (χ1n) is 6.21. The minimum absolute atomic E-state index is 0.126. The fourth-order valence-corrected chi connectivity index (χ4v) is 4.00. The molecule has 1 fully saturated rings. The lowest BCUT2D eigenvalue weighted by Gasteiger charge is -2.22. The van der Waals surface area contributed by atoms with E-state index in [9.17, 15) is 13.2 Å². The summed E-state index contributed by atoms with van der Waals surface area (Å²) < 4.78 is 24.3. The van der Waals surface area contributed by atoms with Crippen LogP contribution in [0.5, 0.6) is 0 Å². The van der Waals surface area contributed by atoms with E-state index in [-0.39, 0.29) is 17.0 Å². The van der Waals surface area contributed by atoms with Gasteiger partial charge in [0.1, 0.15) is 5.78 Å². The molecule has 1 aromatic carbocycles. The molecule has 1 saturated carbocycles. The van der Waals surface area contributed by atoms with Gasteiger partial charge in [-0.25, -0.2) is 8.42 Å². The van der Waals surface area contributed by atoms with Crippen LogP contribution in [0.1, 0.15) is 32.6 Å². The SMILES string of the molecule is CC1(CCS(=O)(=O)c2ccccc2)CCC(=O)C1. The minimum Gasteiger partial charge on any atom is -0.300 e. The van der Waals surface area contributed by atoms with Crippen molar-refractivity contribution < 1.29 is 13.2 Å². The molecule has 1 atom stereocenters. The third-order valence-electron chi connectivity index (χ3n) is 3.71. The maximum atomic E-state index is 12.1. The Labute approximate surface area is 108 Å². The van der Waals surface area contributed by atoms with Crippen molar-refractivity contribution in [2.45, 2.75) is 37.5 Å². The predicted molar refractivity (Wildman–Crippen MR) is 70.1 cm³/mol. The van der Waals surface area contributed by atoms with Gasteiger partial charge in [-0.2, -0.15) is 0 Å². The lowest BCUT2D eigenvalue weighted by Crippen LogP contribution is -2.18. The van der Waals surface area contributed by atoms with E-state index in [0.29, 0.717) is 24.2 Å². The van der Waals surface area contributed by atoms with Gasteiger partial charge in [-0.1, -0.05) is 25.1 Å². The second-order valence-electron chi connectivity index (χ2n) is 5.41. The zero-order chi connectivity index (χ0) is 13.2. The molecule has 3 nitrogen and oxygen atoms in total. The zero-order valence-electron chi connectivity index (χ0n) is 10.6. The van der Waals surface area contributed by atoms with Crippen molar-refractivity contribution in [2.75, 3.05) is 5.75 Å². The molecule has 0 spiro atoms. The molecule has 0 bridgehead atoms. The summed E-state index contributed by atoms with van der Waals surface area (Å²) in [5, 5.41) is 0. The lowest BCUT2D eigenvalue weighted by atomic mass is 9.86. The van der Waals surface area contributed by atoms with Crippen molar-refractivity contribution in [1.29, 1.82) is 0 Å². The molecular formula is C14H18O3S. The van der Waals surface area contributed by atoms with E-state index in [0.717, 1.165) is 6.42 Å². The molecule has 0 N–H and O–H groups in total. The Balaban J connectivity index is 2.04. The van der Waals surface area contributed by atoms with Gasteiger partial charge in [0.15, 0.2) is 9.84 Å². The molecule has 0 aromatic heterocycles. The van der Waals surface area contributed by atoms with E-state index in [1.807, 2.05) is 6.92 Å². The smallest absolute Gasteiger partial charge is 0.178 e. The molecule has 18 heavy (non-hydrogen) atoms. The molecule has 0 heterocycles. The van der Waals surface area contributed by atoms with Crippen LogP contribution in [-0.4, -0.2) is 20.0 Å². The van der Waals surface area contributed by atoms with Gasteiger partial charge in [0.2, 0.25) is 0 Å². The van der Waals surface area contributed by atoms with Crippen LogP contribution in [-0.2, 0) is 14.6 Å². The first-order valence-corrected chi connectivity index (χ1v) is 7.86. The molecule has 4 heteroatoms. The fourth-order valence-electron chi connectivity index (χ4n) is 2.43. The molecule has 0 saturated heterocycles. The van der Waals surface area contributed by atoms with Gasteiger partial charge < -0.3 is 0 Å². The van der Waals surface area contributed by atoms with Gasteiger partial charge in [0.25, 0.3) is 0 Å². The molecular weight excluding hydrogens is 248 g/mol. The number of sulfone groups is 1. The van der Waals surface area contributed by atoms with Gasteiger partial charge in [0, 0.05) is 12.8 Å². The van der Waals surface area contributed by atoms with E-state index in [1.165, 1.54) is 0 Å². The Hall–Kier alpha value is -1.16. The predicted octanol–water partition coefficient (Wildman–Crippen LogP) is 2.61. The minimum atomic E-state index is -3.21. The second kappa shape index (κ2) is 4.84. The van der Waals surface area contributed by atoms with Crippen molar-refractivity contribution in [3.63, 3.8) is 0 Å². The average Bonchev–Trinajstić information content (AvgIpc) is 2.69. The average molecular weight is 266 g/mol. The van der Waals surface area contributed by atoms with E-state index >= 15 is 0 Å². The number of carbonyl (C=O) groups is 1. The highest BCUT2D eigenvalue weighted by Crippen LogP contribution is 2.39. The summed E-state index contributed by atoms with van der Waals surface area (Å²) in [7, 11) is -3.21. The summed E-state index contributed by atoms with van der Waals surface area (Å²) in [6.45, 7) is 2.01. The third-order valence-corrected chi connectivity index (χ3v) is 5.44. The number of Topliss-reactive ketones (excluding diaryl/α,β-unsaturated/α-hetero) is 1. The number of rotatable bonds is 4. The molecule has 1 unspecified atom stereocenters. The fraction of sp³-hybridized carbons (Fsp3) is 0.500. The Kier molecular flexibility index (Phi) is 3.57. The van der Waals surface area contributed by atoms with Crippen LogP contribution in [0.2, 0.25) is 0 Å². The third kappa shape index (κ3) is 2.99. The highest BCUT2D eigenvalue weighted by molar-refractivity contribution is 7.91. The number of hydrogen-bond donors (Lipinski definition) is 0. The monoisotopic (exact) mass is 266 g/mol. The van der Waals surface area contributed by atoms with E-state index < -0.39 is 9.84 Å². The number of carbonyl (C=O) groups excluding carboxylic acids is 1. The van der Waals surface area contributed by atoms with Crippen molar-refractivity contribution in [3.05, 3.63) is 30.3 Å². The lowest BCUT2D eigenvalue weighted by molar-refractivity contribution is -0.117. The van der Waals surface area contributed by atoms with Gasteiger partial charge in [-0.15, -0.1) is 0 Å². The quantitative estimate of drug-likeness (QED) is 0.841. The number of benzene rings is 1. The molecule has 2 rings (SSSR count). The van der Waals surface area contributed by atoms with Crippen LogP contribution in [0.4, 0.5) is 0 Å². The normalized spacial score (nSPS) is 24.4. The topological polar surface area (TPSA) is 51.2 Å². The highest BCUT2D eigenvalue weighted by atomic mass is 32.2. The highest BCUT2D eigenvalue weighted by Gasteiger charge is 2.34. The van der Waals surface area contributed by atoms with Crippen molar-refractivity contribution in [3.8, 4) is 0 Å². The van der Waals surface area contributed by atoms with Crippen molar-refractivity contribution in [1.82, 2.24) is 0 Å². The van der Waals surface area contributed by atoms with Gasteiger partial charge in [0.05, 0.1) is 10.6 Å². The number of ketones is 1. The van der Waals surface area contributed by atoms with Crippen LogP contribution < -0.4 is 0 Å². The van der Waals surface area contributed by atoms with Crippen LogP contribution in [0.3, 0.4) is 0 Å². The summed E-state index contributed by atoms with van der Waals surface area (Å²) in [4.78, 5) is 11.7. The second-order valence-corrected chi connectivity index (χ2v) is 7.52. The van der Waals surface area contributed by atoms with E-state index in [2.05, 4.69) is 0 Å². The largest absolute Gasteiger partial charge is 0.300 e. The summed E-state index contributed by atoms with van der Waals surface area (Å²) >= 11 is 0. The Morgan fingerprint density at radius 3 is 2.44 bits per heavy atom. The molecule has 0 aliphatic heterocycles. The molecule has 0 amide bonds. The standard InChI is InChI=1S/C14H18O3S/c1-14(8-7-12(15)11-14)9-10-18(16,17)13-5-3-2-4-6-13/h2-6H,7-11H2,1H3. The van der Waals surface area contributed by atoms with Crippen LogP contribution in [0.25, 0.3) is 0 Å². The summed E-state index contributed by atoms with van der Waals surface area (Å²) in [5.41, 5.74) is -0.126. The maximum Gasteiger partial charge on any atom is 0.178 e. The van der Waals surface area contributed by atoms with Gasteiger partial charge >= 0.3 is 0 Å². The first-order chi connectivity index (χ1) is 8.41. The Morgan fingerprint density at radius 1 is 1.22 bits per heavy atom. The molecule has 98 valence electrons. The Morgan fingerprint density at radius 2 is 1.89 bits per heavy atom. The van der Waals surface area contributed by atoms with E-state index in [4.69, 9.17) is 0 Å². The molecule has 0 radical (unpaired) electrons. The molecule has 1 aliphatic rings. The van der Waals surface area contributed by atoms with Crippen molar-refractivity contribution in [2.24, 2.45) is 5.41 Å². The van der Waals surface area contributed by atoms with Gasteiger partial charge in [-0.05, 0) is 30.4 Å². The molecule has 1 aliphatic carbocycles. The Bertz CT molecular complexity index is 533. The van der Waals surface area contributed by atoms with Crippen LogP contribution >= 0.6 is 0 Å². The summed E-state index contributed by atoms with van der Waals surface area (Å²) in [5.74, 6) is 0.385. The summed E-state index contributed by atoms with van der Waals surface area (Å²) in [6.07, 6.45) is 2.51. The van der Waals surface area contributed by atoms with Gasteiger partial charge in [-0.3, -0.25) is 4.79 Å². The van der Waals surface area contributed by atoms with Crippen LogP contribution in [0, 0.1) is 5.41 Å². The van der Waals surface area contributed by atoms with Crippen molar-refractivity contribution >= 4 is 15.6 Å².